The highest BCUT2D eigenvalue weighted by Crippen LogP contribution is 2.36. The molecule has 2 fully saturated rings. The van der Waals surface area contributed by atoms with Gasteiger partial charge in [0.1, 0.15) is 6.10 Å². The smallest absolute Gasteiger partial charge is 0.249 e. The summed E-state index contributed by atoms with van der Waals surface area (Å²) < 4.78 is 17.3. The molecule has 1 unspecified atom stereocenters. The Morgan fingerprint density at radius 2 is 1.90 bits per heavy atom. The standard InChI is InChI=1S/C16H29NO4/c1-5-15(3,4)17-14(18)12(2)21-13-6-8-16(9-7-13)19-10-11-20-16/h12-13H,5-11H2,1-4H3,(H,17,18). The zero-order valence-corrected chi connectivity index (χ0v) is 13.7. The summed E-state index contributed by atoms with van der Waals surface area (Å²) in [7, 11) is 0. The second-order valence-electron chi connectivity index (χ2n) is 6.81. The fraction of sp³-hybridized carbons (Fsp3) is 0.938. The number of ether oxygens (including phenoxy) is 3. The molecule has 2 aliphatic rings. The average molecular weight is 299 g/mol. The van der Waals surface area contributed by atoms with Crippen molar-refractivity contribution < 1.29 is 19.0 Å². The molecular weight excluding hydrogens is 270 g/mol. The van der Waals surface area contributed by atoms with Gasteiger partial charge in [-0.15, -0.1) is 0 Å². The van der Waals surface area contributed by atoms with Crippen LogP contribution >= 0.6 is 0 Å². The van der Waals surface area contributed by atoms with Gasteiger partial charge in [0, 0.05) is 18.4 Å². The van der Waals surface area contributed by atoms with Crippen LogP contribution in [0.1, 0.15) is 59.8 Å². The van der Waals surface area contributed by atoms with Crippen LogP contribution in [0.4, 0.5) is 0 Å². The molecule has 1 atom stereocenters. The quantitative estimate of drug-likeness (QED) is 0.847. The topological polar surface area (TPSA) is 56.8 Å². The van der Waals surface area contributed by atoms with Gasteiger partial charge >= 0.3 is 0 Å². The summed E-state index contributed by atoms with van der Waals surface area (Å²) in [6.07, 6.45) is 4.07. The van der Waals surface area contributed by atoms with Crippen molar-refractivity contribution in [3.8, 4) is 0 Å². The first kappa shape index (κ1) is 16.7. The van der Waals surface area contributed by atoms with Gasteiger partial charge in [-0.05, 0) is 40.0 Å². The van der Waals surface area contributed by atoms with Crippen LogP contribution in [0.5, 0.6) is 0 Å². The Kier molecular flexibility index (Phi) is 5.28. The van der Waals surface area contributed by atoms with Crippen molar-refractivity contribution in [2.75, 3.05) is 13.2 Å². The van der Waals surface area contributed by atoms with Crippen molar-refractivity contribution >= 4 is 5.91 Å². The summed E-state index contributed by atoms with van der Waals surface area (Å²) >= 11 is 0. The van der Waals surface area contributed by atoms with E-state index < -0.39 is 6.10 Å². The third kappa shape index (κ3) is 4.41. The van der Waals surface area contributed by atoms with Crippen molar-refractivity contribution in [2.45, 2.75) is 83.3 Å². The second-order valence-corrected chi connectivity index (χ2v) is 6.81. The van der Waals surface area contributed by atoms with E-state index in [-0.39, 0.29) is 23.3 Å². The van der Waals surface area contributed by atoms with E-state index in [2.05, 4.69) is 12.2 Å². The Morgan fingerprint density at radius 3 is 2.43 bits per heavy atom. The number of rotatable bonds is 5. The van der Waals surface area contributed by atoms with Gasteiger partial charge < -0.3 is 19.5 Å². The van der Waals surface area contributed by atoms with Crippen LogP contribution in [-0.2, 0) is 19.0 Å². The Balaban J connectivity index is 1.76. The fourth-order valence-electron chi connectivity index (χ4n) is 2.83. The Bertz CT molecular complexity index is 353. The molecule has 1 N–H and O–H groups in total. The van der Waals surface area contributed by atoms with E-state index in [9.17, 15) is 4.79 Å². The molecule has 0 aromatic carbocycles. The van der Waals surface area contributed by atoms with Gasteiger partial charge in [0.2, 0.25) is 5.91 Å². The van der Waals surface area contributed by atoms with E-state index in [4.69, 9.17) is 14.2 Å². The fourth-order valence-corrected chi connectivity index (χ4v) is 2.83. The lowest BCUT2D eigenvalue weighted by atomic mass is 9.91. The van der Waals surface area contributed by atoms with Crippen molar-refractivity contribution in [1.82, 2.24) is 5.32 Å². The summed E-state index contributed by atoms with van der Waals surface area (Å²) in [6, 6.07) is 0. The monoisotopic (exact) mass is 299 g/mol. The molecule has 0 bridgehead atoms. The number of carbonyl (C=O) groups excluding carboxylic acids is 1. The lowest BCUT2D eigenvalue weighted by Gasteiger charge is -2.36. The predicted molar refractivity (Wildman–Crippen MR) is 80.0 cm³/mol. The molecule has 2 rings (SSSR count). The molecule has 0 aromatic rings. The van der Waals surface area contributed by atoms with E-state index >= 15 is 0 Å². The number of hydrogen-bond acceptors (Lipinski definition) is 4. The molecule has 122 valence electrons. The molecule has 5 nitrogen and oxygen atoms in total. The van der Waals surface area contributed by atoms with Gasteiger partial charge in [0.05, 0.1) is 19.3 Å². The van der Waals surface area contributed by atoms with E-state index in [0.717, 1.165) is 32.1 Å². The van der Waals surface area contributed by atoms with E-state index in [1.807, 2.05) is 20.8 Å². The molecule has 1 spiro atoms. The molecular formula is C16H29NO4. The van der Waals surface area contributed by atoms with Crippen molar-refractivity contribution in [1.29, 1.82) is 0 Å². The van der Waals surface area contributed by atoms with Crippen LogP contribution in [-0.4, -0.2) is 42.7 Å². The highest BCUT2D eigenvalue weighted by Gasteiger charge is 2.41. The first-order chi connectivity index (χ1) is 9.86. The van der Waals surface area contributed by atoms with Crippen LogP contribution in [0, 0.1) is 0 Å². The van der Waals surface area contributed by atoms with E-state index in [0.29, 0.717) is 13.2 Å². The molecule has 1 saturated heterocycles. The SMILES string of the molecule is CCC(C)(C)NC(=O)C(C)OC1CCC2(CC1)OCCO2. The van der Waals surface area contributed by atoms with Gasteiger partial charge in [0.15, 0.2) is 5.79 Å². The number of carbonyl (C=O) groups is 1. The van der Waals surface area contributed by atoms with Crippen LogP contribution in [0.3, 0.4) is 0 Å². The van der Waals surface area contributed by atoms with Crippen molar-refractivity contribution in [3.05, 3.63) is 0 Å². The van der Waals surface area contributed by atoms with Crippen molar-refractivity contribution in [2.24, 2.45) is 0 Å². The first-order valence-electron chi connectivity index (χ1n) is 8.11. The molecule has 1 aliphatic carbocycles. The molecule has 0 aromatic heterocycles. The van der Waals surface area contributed by atoms with Gasteiger partial charge in [-0.1, -0.05) is 6.92 Å². The first-order valence-corrected chi connectivity index (χ1v) is 8.11. The minimum absolute atomic E-state index is 0.0319. The number of hydrogen-bond donors (Lipinski definition) is 1. The normalized spacial score (nSPS) is 24.2. The van der Waals surface area contributed by atoms with Gasteiger partial charge in [-0.3, -0.25) is 4.79 Å². The van der Waals surface area contributed by atoms with Gasteiger partial charge in [-0.25, -0.2) is 0 Å². The number of amides is 1. The van der Waals surface area contributed by atoms with Crippen LogP contribution in [0.15, 0.2) is 0 Å². The second kappa shape index (κ2) is 6.63. The summed E-state index contributed by atoms with van der Waals surface area (Å²) in [6.45, 7) is 9.32. The highest BCUT2D eigenvalue weighted by atomic mass is 16.7. The molecule has 1 heterocycles. The Morgan fingerprint density at radius 1 is 1.33 bits per heavy atom. The molecule has 0 radical (unpaired) electrons. The third-order valence-electron chi connectivity index (χ3n) is 4.62. The molecule has 21 heavy (non-hydrogen) atoms. The summed E-state index contributed by atoms with van der Waals surface area (Å²) in [5, 5.41) is 3.03. The zero-order chi connectivity index (χ0) is 15.5. The maximum Gasteiger partial charge on any atom is 0.249 e. The molecule has 1 amide bonds. The lowest BCUT2D eigenvalue weighted by Crippen LogP contribution is -2.48. The zero-order valence-electron chi connectivity index (χ0n) is 13.7. The minimum Gasteiger partial charge on any atom is -0.365 e. The number of nitrogens with one attached hydrogen (secondary N) is 1. The summed E-state index contributed by atoms with van der Waals surface area (Å²) in [5.41, 5.74) is -0.184. The Hall–Kier alpha value is -0.650. The van der Waals surface area contributed by atoms with E-state index in [1.165, 1.54) is 0 Å². The molecule has 1 aliphatic heterocycles. The Labute approximate surface area is 127 Å². The lowest BCUT2D eigenvalue weighted by molar-refractivity contribution is -0.195. The largest absolute Gasteiger partial charge is 0.365 e. The van der Waals surface area contributed by atoms with Crippen LogP contribution in [0.25, 0.3) is 0 Å². The summed E-state index contributed by atoms with van der Waals surface area (Å²) in [4.78, 5) is 12.2. The molecule has 5 heteroatoms. The third-order valence-corrected chi connectivity index (χ3v) is 4.62. The van der Waals surface area contributed by atoms with E-state index in [1.54, 1.807) is 0 Å². The molecule has 1 saturated carbocycles. The maximum absolute atomic E-state index is 12.2. The van der Waals surface area contributed by atoms with Gasteiger partial charge in [-0.2, -0.15) is 0 Å². The predicted octanol–water partition coefficient (Wildman–Crippen LogP) is 2.38. The van der Waals surface area contributed by atoms with Crippen LogP contribution < -0.4 is 5.32 Å². The summed E-state index contributed by atoms with van der Waals surface area (Å²) in [5.74, 6) is -0.397. The van der Waals surface area contributed by atoms with Gasteiger partial charge in [0.25, 0.3) is 0 Å². The van der Waals surface area contributed by atoms with Crippen molar-refractivity contribution in [3.63, 3.8) is 0 Å². The van der Waals surface area contributed by atoms with Crippen LogP contribution in [0.2, 0.25) is 0 Å². The average Bonchev–Trinajstić information content (AvgIpc) is 2.89. The highest BCUT2D eigenvalue weighted by molar-refractivity contribution is 5.81. The minimum atomic E-state index is -0.416. The maximum atomic E-state index is 12.2.